The Bertz CT molecular complexity index is 3070. The number of benzene rings is 7. The van der Waals surface area contributed by atoms with Gasteiger partial charge < -0.3 is 13.4 Å². The van der Waals surface area contributed by atoms with E-state index in [-0.39, 0.29) is 0 Å². The van der Waals surface area contributed by atoms with Gasteiger partial charge in [-0.25, -0.2) is 9.97 Å². The van der Waals surface area contributed by atoms with Crippen LogP contribution in [0, 0.1) is 0 Å². The van der Waals surface area contributed by atoms with Crippen molar-refractivity contribution in [3.8, 4) is 28.3 Å². The first kappa shape index (κ1) is 26.4. The van der Waals surface area contributed by atoms with Crippen molar-refractivity contribution >= 4 is 76.6 Å². The van der Waals surface area contributed by atoms with Crippen molar-refractivity contribution in [1.29, 1.82) is 0 Å². The number of rotatable bonds is 3. The van der Waals surface area contributed by atoms with Crippen LogP contribution < -0.4 is 0 Å². The van der Waals surface area contributed by atoms with Crippen molar-refractivity contribution in [3.63, 3.8) is 0 Å². The van der Waals surface area contributed by atoms with Gasteiger partial charge in [-0.2, -0.15) is 0 Å². The van der Waals surface area contributed by atoms with Crippen molar-refractivity contribution in [3.05, 3.63) is 152 Å². The van der Waals surface area contributed by atoms with E-state index in [1.165, 1.54) is 0 Å². The van der Waals surface area contributed by atoms with E-state index in [0.29, 0.717) is 5.82 Å². The lowest BCUT2D eigenvalue weighted by Crippen LogP contribution is -1.98. The summed E-state index contributed by atoms with van der Waals surface area (Å²) in [5.41, 5.74) is 10.3. The molecule has 49 heavy (non-hydrogen) atoms. The number of hydrogen-bond acceptors (Lipinski definition) is 4. The highest BCUT2D eigenvalue weighted by Crippen LogP contribution is 2.48. The van der Waals surface area contributed by atoms with Gasteiger partial charge in [0.05, 0.1) is 38.4 Å². The number of furan rings is 2. The van der Waals surface area contributed by atoms with Crippen molar-refractivity contribution < 1.29 is 8.83 Å². The minimum atomic E-state index is 0.704. The molecule has 228 valence electrons. The van der Waals surface area contributed by atoms with Crippen LogP contribution in [-0.2, 0) is 0 Å². The highest BCUT2D eigenvalue weighted by molar-refractivity contribution is 6.37. The van der Waals surface area contributed by atoms with E-state index in [2.05, 4.69) is 108 Å². The zero-order valence-electron chi connectivity index (χ0n) is 26.1. The zero-order valence-corrected chi connectivity index (χ0v) is 26.1. The van der Waals surface area contributed by atoms with Crippen molar-refractivity contribution in [2.75, 3.05) is 0 Å². The Balaban J connectivity index is 1.31. The molecule has 0 aliphatic heterocycles. The summed E-state index contributed by atoms with van der Waals surface area (Å²) in [6, 6.07) is 52.2. The molecule has 0 N–H and O–H groups in total. The second kappa shape index (κ2) is 9.89. The van der Waals surface area contributed by atoms with Crippen LogP contribution in [0.25, 0.3) is 105 Å². The molecule has 0 saturated carbocycles. The maximum atomic E-state index is 6.74. The fourth-order valence-corrected chi connectivity index (χ4v) is 7.67. The summed E-state index contributed by atoms with van der Waals surface area (Å²) in [6.07, 6.45) is 0. The molecule has 0 unspecified atom stereocenters. The van der Waals surface area contributed by atoms with Gasteiger partial charge in [0.1, 0.15) is 22.3 Å². The second-order valence-corrected chi connectivity index (χ2v) is 12.5. The quantitative estimate of drug-likeness (QED) is 0.196. The summed E-state index contributed by atoms with van der Waals surface area (Å²) < 4.78 is 15.8. The zero-order chi connectivity index (χ0) is 32.1. The standard InChI is InChI=1S/C44H25N3O2/c1-3-13-26(14-4-1)40-32-25-28(23-24-33(32)45-44(46-40)27-15-5-2-6-16-27)47-34-20-10-7-17-29(34)37-41(47)38-30-18-8-11-21-35(30)48-43(38)39-31-19-9-12-22-36(31)49-42(37)39/h1-25H. The molecule has 0 aliphatic carbocycles. The summed E-state index contributed by atoms with van der Waals surface area (Å²) in [5.74, 6) is 0.704. The Morgan fingerprint density at radius 3 is 1.73 bits per heavy atom. The third kappa shape index (κ3) is 3.70. The monoisotopic (exact) mass is 627 g/mol. The summed E-state index contributed by atoms with van der Waals surface area (Å²) in [6.45, 7) is 0. The van der Waals surface area contributed by atoms with Gasteiger partial charge in [-0.3, -0.25) is 0 Å². The number of para-hydroxylation sites is 3. The van der Waals surface area contributed by atoms with Gasteiger partial charge in [0.2, 0.25) is 0 Å². The van der Waals surface area contributed by atoms with E-state index < -0.39 is 0 Å². The third-order valence-corrected chi connectivity index (χ3v) is 9.77. The first-order chi connectivity index (χ1) is 24.3. The van der Waals surface area contributed by atoms with Crippen LogP contribution in [0.5, 0.6) is 0 Å². The smallest absolute Gasteiger partial charge is 0.160 e. The van der Waals surface area contributed by atoms with Gasteiger partial charge in [0, 0.05) is 38.4 Å². The lowest BCUT2D eigenvalue weighted by molar-refractivity contribution is 0.665. The van der Waals surface area contributed by atoms with Crippen molar-refractivity contribution in [2.24, 2.45) is 0 Å². The molecular formula is C44H25N3O2. The summed E-state index contributed by atoms with van der Waals surface area (Å²) in [5, 5.41) is 7.36. The Kier molecular flexibility index (Phi) is 5.32. The third-order valence-electron chi connectivity index (χ3n) is 9.77. The molecule has 4 heterocycles. The number of nitrogens with zero attached hydrogens (tertiary/aromatic N) is 3. The lowest BCUT2D eigenvalue weighted by atomic mass is 10.0. The Hall–Kier alpha value is -6.72. The van der Waals surface area contributed by atoms with Gasteiger partial charge in [0.25, 0.3) is 0 Å². The second-order valence-electron chi connectivity index (χ2n) is 12.5. The largest absolute Gasteiger partial charge is 0.455 e. The number of aromatic nitrogens is 3. The molecule has 4 aromatic heterocycles. The molecule has 11 rings (SSSR count). The molecule has 0 amide bonds. The van der Waals surface area contributed by atoms with Gasteiger partial charge in [-0.15, -0.1) is 0 Å². The van der Waals surface area contributed by atoms with E-state index in [1.807, 2.05) is 48.5 Å². The summed E-state index contributed by atoms with van der Waals surface area (Å²) >= 11 is 0. The first-order valence-electron chi connectivity index (χ1n) is 16.4. The molecule has 5 heteroatoms. The van der Waals surface area contributed by atoms with Crippen molar-refractivity contribution in [2.45, 2.75) is 0 Å². The molecule has 0 spiro atoms. The van der Waals surface area contributed by atoms with Gasteiger partial charge in [-0.1, -0.05) is 115 Å². The molecule has 5 nitrogen and oxygen atoms in total. The average molecular weight is 628 g/mol. The van der Waals surface area contributed by atoms with Gasteiger partial charge >= 0.3 is 0 Å². The van der Waals surface area contributed by atoms with Crippen LogP contribution in [0.15, 0.2) is 160 Å². The predicted molar refractivity (Wildman–Crippen MR) is 199 cm³/mol. The highest BCUT2D eigenvalue weighted by atomic mass is 16.3. The fourth-order valence-electron chi connectivity index (χ4n) is 7.67. The van der Waals surface area contributed by atoms with Crippen LogP contribution in [-0.4, -0.2) is 14.5 Å². The van der Waals surface area contributed by atoms with Gasteiger partial charge in [0.15, 0.2) is 5.82 Å². The van der Waals surface area contributed by atoms with E-state index >= 15 is 0 Å². The van der Waals surface area contributed by atoms with E-state index in [4.69, 9.17) is 18.8 Å². The van der Waals surface area contributed by atoms with E-state index in [9.17, 15) is 0 Å². The van der Waals surface area contributed by atoms with Crippen molar-refractivity contribution in [1.82, 2.24) is 14.5 Å². The van der Waals surface area contributed by atoms with Gasteiger partial charge in [-0.05, 0) is 36.4 Å². The van der Waals surface area contributed by atoms with Crippen LogP contribution in [0.2, 0.25) is 0 Å². The molecular weight excluding hydrogens is 603 g/mol. The normalized spacial score (nSPS) is 12.1. The highest BCUT2D eigenvalue weighted by Gasteiger charge is 2.26. The Morgan fingerprint density at radius 1 is 0.449 bits per heavy atom. The molecule has 0 radical (unpaired) electrons. The van der Waals surface area contributed by atoms with Crippen LogP contribution >= 0.6 is 0 Å². The Morgan fingerprint density at radius 2 is 1.02 bits per heavy atom. The summed E-state index contributed by atoms with van der Waals surface area (Å²) in [7, 11) is 0. The molecule has 0 aliphatic rings. The Labute approximate surface area is 279 Å². The minimum Gasteiger partial charge on any atom is -0.455 e. The topological polar surface area (TPSA) is 57.0 Å². The maximum Gasteiger partial charge on any atom is 0.160 e. The minimum absolute atomic E-state index is 0.704. The lowest BCUT2D eigenvalue weighted by Gasteiger charge is -2.13. The van der Waals surface area contributed by atoms with E-state index in [1.54, 1.807) is 0 Å². The summed E-state index contributed by atoms with van der Waals surface area (Å²) in [4.78, 5) is 10.3. The number of fused-ring (bicyclic) bond motifs is 13. The van der Waals surface area contributed by atoms with Crippen LogP contribution in [0.1, 0.15) is 0 Å². The molecule has 0 saturated heterocycles. The van der Waals surface area contributed by atoms with Crippen LogP contribution in [0.4, 0.5) is 0 Å². The maximum absolute atomic E-state index is 6.74. The molecule has 11 aromatic rings. The van der Waals surface area contributed by atoms with E-state index in [0.717, 1.165) is 99.1 Å². The molecule has 7 aromatic carbocycles. The predicted octanol–water partition coefficient (Wildman–Crippen LogP) is 11.9. The molecule has 0 bridgehead atoms. The molecule has 0 atom stereocenters. The number of hydrogen-bond donors (Lipinski definition) is 0. The van der Waals surface area contributed by atoms with Crippen LogP contribution in [0.3, 0.4) is 0 Å². The fraction of sp³-hybridized carbons (Fsp3) is 0. The molecule has 0 fully saturated rings. The average Bonchev–Trinajstić information content (AvgIpc) is 3.84. The first-order valence-corrected chi connectivity index (χ1v) is 16.4. The SMILES string of the molecule is c1ccc(-c2nc(-c3ccccc3)c3cc(-n4c5ccccc5c5c6oc7ccccc7c6c6oc7ccccc7c6c54)ccc3n2)cc1.